The third-order valence-electron chi connectivity index (χ3n) is 4.39. The minimum Gasteiger partial charge on any atom is -0.333 e. The zero-order valence-electron chi connectivity index (χ0n) is 14.1. The van der Waals surface area contributed by atoms with Crippen LogP contribution in [-0.4, -0.2) is 50.4 Å². The van der Waals surface area contributed by atoms with Gasteiger partial charge >= 0.3 is 0 Å². The first kappa shape index (κ1) is 16.6. The van der Waals surface area contributed by atoms with E-state index in [0.29, 0.717) is 24.7 Å². The van der Waals surface area contributed by atoms with E-state index in [1.807, 2.05) is 19.1 Å². The highest BCUT2D eigenvalue weighted by molar-refractivity contribution is 5.91. The Morgan fingerprint density at radius 1 is 1.42 bits per heavy atom. The number of hydrogen-bond acceptors (Lipinski definition) is 5. The van der Waals surface area contributed by atoms with Crippen LogP contribution in [0.1, 0.15) is 35.8 Å². The van der Waals surface area contributed by atoms with Crippen molar-refractivity contribution >= 4 is 5.91 Å². The van der Waals surface area contributed by atoms with Gasteiger partial charge in [-0.05, 0) is 56.5 Å². The number of nitrogens with zero attached hydrogens (tertiary/aromatic N) is 5. The lowest BCUT2D eigenvalue weighted by Crippen LogP contribution is -2.32. The average molecular weight is 328 g/mol. The molecule has 3 rings (SSSR count). The van der Waals surface area contributed by atoms with Crippen molar-refractivity contribution in [1.29, 1.82) is 0 Å². The zero-order chi connectivity index (χ0) is 16.8. The SMILES string of the molecule is CCN(Cc1ccncc1)C(=O)c1cn(C[C@@H]2CCCNC2)nn1. The van der Waals surface area contributed by atoms with Gasteiger partial charge in [0.05, 0.1) is 6.20 Å². The van der Waals surface area contributed by atoms with Crippen LogP contribution < -0.4 is 5.32 Å². The molecule has 7 heteroatoms. The second-order valence-electron chi connectivity index (χ2n) is 6.21. The fraction of sp³-hybridized carbons (Fsp3) is 0.529. The van der Waals surface area contributed by atoms with Crippen LogP contribution in [0.2, 0.25) is 0 Å². The Bertz CT molecular complexity index is 650. The molecule has 1 amide bonds. The molecule has 0 saturated carbocycles. The van der Waals surface area contributed by atoms with Gasteiger partial charge in [-0.2, -0.15) is 0 Å². The topological polar surface area (TPSA) is 75.9 Å². The van der Waals surface area contributed by atoms with E-state index < -0.39 is 0 Å². The summed E-state index contributed by atoms with van der Waals surface area (Å²) in [4.78, 5) is 18.4. The van der Waals surface area contributed by atoms with Gasteiger partial charge in [-0.25, -0.2) is 0 Å². The molecule has 0 spiro atoms. The van der Waals surface area contributed by atoms with Gasteiger partial charge < -0.3 is 10.2 Å². The molecule has 1 saturated heterocycles. The summed E-state index contributed by atoms with van der Waals surface area (Å²) in [6.07, 6.45) is 7.64. The zero-order valence-corrected chi connectivity index (χ0v) is 14.1. The van der Waals surface area contributed by atoms with Gasteiger partial charge in [-0.3, -0.25) is 14.5 Å². The summed E-state index contributed by atoms with van der Waals surface area (Å²) < 4.78 is 1.80. The van der Waals surface area contributed by atoms with E-state index in [1.165, 1.54) is 12.8 Å². The average Bonchev–Trinajstić information content (AvgIpc) is 3.09. The van der Waals surface area contributed by atoms with Gasteiger partial charge in [0, 0.05) is 32.0 Å². The predicted molar refractivity (Wildman–Crippen MR) is 90.3 cm³/mol. The number of hydrogen-bond donors (Lipinski definition) is 1. The van der Waals surface area contributed by atoms with Crippen molar-refractivity contribution in [3.63, 3.8) is 0 Å². The molecule has 1 aliphatic rings. The molecule has 0 radical (unpaired) electrons. The first-order valence-corrected chi connectivity index (χ1v) is 8.55. The van der Waals surface area contributed by atoms with Crippen LogP contribution in [0.3, 0.4) is 0 Å². The summed E-state index contributed by atoms with van der Waals surface area (Å²) in [7, 11) is 0. The maximum atomic E-state index is 12.7. The van der Waals surface area contributed by atoms with E-state index in [0.717, 1.165) is 25.2 Å². The number of piperidine rings is 1. The van der Waals surface area contributed by atoms with Crippen molar-refractivity contribution in [2.75, 3.05) is 19.6 Å². The number of carbonyl (C=O) groups excluding carboxylic acids is 1. The van der Waals surface area contributed by atoms with E-state index in [1.54, 1.807) is 28.2 Å². The van der Waals surface area contributed by atoms with Gasteiger partial charge in [0.15, 0.2) is 5.69 Å². The minimum atomic E-state index is -0.0812. The highest BCUT2D eigenvalue weighted by Crippen LogP contribution is 2.13. The summed E-state index contributed by atoms with van der Waals surface area (Å²) >= 11 is 0. The number of carbonyl (C=O) groups is 1. The van der Waals surface area contributed by atoms with Crippen LogP contribution in [0.25, 0.3) is 0 Å². The molecule has 0 unspecified atom stereocenters. The summed E-state index contributed by atoms with van der Waals surface area (Å²) in [6.45, 7) is 6.06. The van der Waals surface area contributed by atoms with Gasteiger partial charge in [-0.1, -0.05) is 5.21 Å². The molecule has 0 aliphatic carbocycles. The van der Waals surface area contributed by atoms with Crippen molar-refractivity contribution in [3.05, 3.63) is 42.0 Å². The van der Waals surface area contributed by atoms with Crippen molar-refractivity contribution in [1.82, 2.24) is 30.2 Å². The summed E-state index contributed by atoms with van der Waals surface area (Å²) in [5.41, 5.74) is 1.47. The Kier molecular flexibility index (Phi) is 5.53. The molecule has 1 atom stereocenters. The minimum absolute atomic E-state index is 0.0812. The van der Waals surface area contributed by atoms with E-state index >= 15 is 0 Å². The van der Waals surface area contributed by atoms with Gasteiger partial charge in [0.1, 0.15) is 0 Å². The molecule has 7 nitrogen and oxygen atoms in total. The smallest absolute Gasteiger partial charge is 0.276 e. The molecular formula is C17H24N6O. The Hall–Kier alpha value is -2.28. The molecule has 0 bridgehead atoms. The second kappa shape index (κ2) is 8.01. The van der Waals surface area contributed by atoms with Crippen molar-refractivity contribution in [2.24, 2.45) is 5.92 Å². The summed E-state index contributed by atoms with van der Waals surface area (Å²) in [6, 6.07) is 3.84. The molecule has 1 aliphatic heterocycles. The fourth-order valence-corrected chi connectivity index (χ4v) is 3.03. The third kappa shape index (κ3) is 4.17. The molecule has 3 heterocycles. The van der Waals surface area contributed by atoms with Crippen molar-refractivity contribution in [2.45, 2.75) is 32.9 Å². The maximum Gasteiger partial charge on any atom is 0.276 e. The Morgan fingerprint density at radius 3 is 2.96 bits per heavy atom. The number of pyridine rings is 1. The quantitative estimate of drug-likeness (QED) is 0.866. The molecule has 128 valence electrons. The lowest BCUT2D eigenvalue weighted by Gasteiger charge is -2.22. The van der Waals surface area contributed by atoms with E-state index in [-0.39, 0.29) is 5.91 Å². The van der Waals surface area contributed by atoms with Crippen LogP contribution in [-0.2, 0) is 13.1 Å². The summed E-state index contributed by atoms with van der Waals surface area (Å²) in [5, 5.41) is 11.6. The molecule has 24 heavy (non-hydrogen) atoms. The lowest BCUT2D eigenvalue weighted by molar-refractivity contribution is 0.0746. The molecular weight excluding hydrogens is 304 g/mol. The van der Waals surface area contributed by atoms with Crippen LogP contribution in [0.15, 0.2) is 30.7 Å². The van der Waals surface area contributed by atoms with Crippen molar-refractivity contribution in [3.8, 4) is 0 Å². The van der Waals surface area contributed by atoms with Crippen LogP contribution in [0.4, 0.5) is 0 Å². The fourth-order valence-electron chi connectivity index (χ4n) is 3.03. The Labute approximate surface area is 142 Å². The number of rotatable bonds is 6. The van der Waals surface area contributed by atoms with Gasteiger partial charge in [0.25, 0.3) is 5.91 Å². The molecule has 2 aromatic heterocycles. The molecule has 1 N–H and O–H groups in total. The number of nitrogens with one attached hydrogen (secondary N) is 1. The first-order valence-electron chi connectivity index (χ1n) is 8.55. The molecule has 0 aromatic carbocycles. The Balaban J connectivity index is 1.63. The predicted octanol–water partition coefficient (Wildman–Crippen LogP) is 1.33. The van der Waals surface area contributed by atoms with Crippen LogP contribution >= 0.6 is 0 Å². The number of aromatic nitrogens is 4. The van der Waals surface area contributed by atoms with E-state index in [2.05, 4.69) is 20.6 Å². The largest absolute Gasteiger partial charge is 0.333 e. The van der Waals surface area contributed by atoms with E-state index in [9.17, 15) is 4.79 Å². The van der Waals surface area contributed by atoms with Crippen LogP contribution in [0, 0.1) is 5.92 Å². The van der Waals surface area contributed by atoms with Crippen molar-refractivity contribution < 1.29 is 4.79 Å². The third-order valence-corrected chi connectivity index (χ3v) is 4.39. The second-order valence-corrected chi connectivity index (χ2v) is 6.21. The monoisotopic (exact) mass is 328 g/mol. The summed E-state index contributed by atoms with van der Waals surface area (Å²) in [5.74, 6) is 0.477. The Morgan fingerprint density at radius 2 is 2.25 bits per heavy atom. The van der Waals surface area contributed by atoms with Crippen LogP contribution in [0.5, 0.6) is 0 Å². The molecule has 1 fully saturated rings. The highest BCUT2D eigenvalue weighted by atomic mass is 16.2. The maximum absolute atomic E-state index is 12.7. The van der Waals surface area contributed by atoms with E-state index in [4.69, 9.17) is 0 Å². The first-order chi connectivity index (χ1) is 11.8. The lowest BCUT2D eigenvalue weighted by atomic mass is 10.00. The standard InChI is InChI=1S/C17H24N6O/c1-2-22(11-14-5-8-18-9-6-14)17(24)16-13-23(21-20-16)12-15-4-3-7-19-10-15/h5-6,8-9,13,15,19H,2-4,7,10-12H2,1H3/t15-/m1/s1. The normalized spacial score (nSPS) is 17.6. The van der Waals surface area contributed by atoms with Gasteiger partial charge in [0.2, 0.25) is 0 Å². The van der Waals surface area contributed by atoms with Gasteiger partial charge in [-0.15, -0.1) is 5.10 Å². The molecule has 2 aromatic rings. The number of amides is 1. The highest BCUT2D eigenvalue weighted by Gasteiger charge is 2.20.